The average molecular weight is 190 g/mol. The molecule has 0 saturated carbocycles. The summed E-state index contributed by atoms with van der Waals surface area (Å²) in [6.07, 6.45) is 0.634. The van der Waals surface area contributed by atoms with E-state index in [0.29, 0.717) is 19.5 Å². The van der Waals surface area contributed by atoms with Gasteiger partial charge in [-0.1, -0.05) is 6.92 Å². The van der Waals surface area contributed by atoms with Crippen LogP contribution in [0.1, 0.15) is 13.3 Å². The topological polar surface area (TPSA) is 46.3 Å². The highest BCUT2D eigenvalue weighted by molar-refractivity contribution is 7.99. The third-order valence-corrected chi connectivity index (χ3v) is 2.46. The van der Waals surface area contributed by atoms with Crippen LogP contribution in [0.15, 0.2) is 0 Å². The number of hydrogen-bond acceptors (Lipinski definition) is 3. The van der Waals surface area contributed by atoms with Gasteiger partial charge in [0.25, 0.3) is 0 Å². The lowest BCUT2D eigenvalue weighted by molar-refractivity contribution is -0.129. The normalized spacial score (nSPS) is 9.92. The van der Waals surface area contributed by atoms with Crippen LogP contribution in [0, 0.1) is 0 Å². The van der Waals surface area contributed by atoms with Gasteiger partial charge in [0.1, 0.15) is 0 Å². The highest BCUT2D eigenvalue weighted by Crippen LogP contribution is 2.02. The SMILES string of the molecule is CCSCCC(=O)N(C)CCN. The van der Waals surface area contributed by atoms with Gasteiger partial charge in [0.05, 0.1) is 0 Å². The Kier molecular flexibility index (Phi) is 7.29. The minimum atomic E-state index is 0.196. The van der Waals surface area contributed by atoms with Crippen molar-refractivity contribution in [1.82, 2.24) is 4.90 Å². The fourth-order valence-corrected chi connectivity index (χ4v) is 1.42. The van der Waals surface area contributed by atoms with Gasteiger partial charge in [-0.3, -0.25) is 4.79 Å². The molecular formula is C8H18N2OS. The Morgan fingerprint density at radius 3 is 2.75 bits per heavy atom. The number of nitrogens with zero attached hydrogens (tertiary/aromatic N) is 1. The van der Waals surface area contributed by atoms with Crippen molar-refractivity contribution in [3.8, 4) is 0 Å². The van der Waals surface area contributed by atoms with Crippen molar-refractivity contribution >= 4 is 17.7 Å². The first-order valence-electron chi connectivity index (χ1n) is 4.24. The van der Waals surface area contributed by atoms with Crippen molar-refractivity contribution in [3.05, 3.63) is 0 Å². The van der Waals surface area contributed by atoms with Crippen molar-refractivity contribution in [1.29, 1.82) is 0 Å². The molecule has 2 N–H and O–H groups in total. The Labute approximate surface area is 78.7 Å². The number of hydrogen-bond donors (Lipinski definition) is 1. The fraction of sp³-hybridized carbons (Fsp3) is 0.875. The van der Waals surface area contributed by atoms with Gasteiger partial charge in [-0.2, -0.15) is 11.8 Å². The second-order valence-corrected chi connectivity index (χ2v) is 3.94. The first kappa shape index (κ1) is 11.8. The molecule has 12 heavy (non-hydrogen) atoms. The molecule has 0 atom stereocenters. The van der Waals surface area contributed by atoms with Gasteiger partial charge in [-0.05, 0) is 5.75 Å². The lowest BCUT2D eigenvalue weighted by Crippen LogP contribution is -2.31. The van der Waals surface area contributed by atoms with E-state index in [2.05, 4.69) is 6.92 Å². The van der Waals surface area contributed by atoms with E-state index in [1.165, 1.54) is 0 Å². The van der Waals surface area contributed by atoms with Gasteiger partial charge in [0.15, 0.2) is 0 Å². The summed E-state index contributed by atoms with van der Waals surface area (Å²) in [4.78, 5) is 13.0. The van der Waals surface area contributed by atoms with Crippen LogP contribution in [0.25, 0.3) is 0 Å². The van der Waals surface area contributed by atoms with Crippen molar-refractivity contribution in [3.63, 3.8) is 0 Å². The van der Waals surface area contributed by atoms with E-state index in [9.17, 15) is 4.79 Å². The van der Waals surface area contributed by atoms with E-state index in [1.54, 1.807) is 23.7 Å². The summed E-state index contributed by atoms with van der Waals surface area (Å²) in [6.45, 7) is 3.30. The highest BCUT2D eigenvalue weighted by Gasteiger charge is 2.05. The Morgan fingerprint density at radius 1 is 1.58 bits per heavy atom. The van der Waals surface area contributed by atoms with Gasteiger partial charge >= 0.3 is 0 Å². The molecule has 72 valence electrons. The summed E-state index contributed by atoms with van der Waals surface area (Å²) in [5.74, 6) is 2.19. The van der Waals surface area contributed by atoms with Crippen molar-refractivity contribution in [2.24, 2.45) is 5.73 Å². The molecule has 1 amide bonds. The van der Waals surface area contributed by atoms with Crippen LogP contribution in [0.5, 0.6) is 0 Å². The molecule has 0 aromatic rings. The van der Waals surface area contributed by atoms with E-state index in [-0.39, 0.29) is 5.91 Å². The first-order chi connectivity index (χ1) is 5.72. The van der Waals surface area contributed by atoms with Crippen LogP contribution >= 0.6 is 11.8 Å². The molecule has 0 unspecified atom stereocenters. The van der Waals surface area contributed by atoms with Gasteiger partial charge in [0.2, 0.25) is 5.91 Å². The molecule has 0 spiro atoms. The highest BCUT2D eigenvalue weighted by atomic mass is 32.2. The van der Waals surface area contributed by atoms with Gasteiger partial charge < -0.3 is 10.6 Å². The number of likely N-dealkylation sites (N-methyl/N-ethyl adjacent to an activating group) is 1. The second-order valence-electron chi connectivity index (χ2n) is 2.55. The molecule has 0 bridgehead atoms. The third-order valence-electron chi connectivity index (χ3n) is 1.55. The Balaban J connectivity index is 3.43. The Morgan fingerprint density at radius 2 is 2.25 bits per heavy atom. The average Bonchev–Trinajstić information content (AvgIpc) is 2.05. The van der Waals surface area contributed by atoms with E-state index < -0.39 is 0 Å². The summed E-state index contributed by atoms with van der Waals surface area (Å²) in [6, 6.07) is 0. The van der Waals surface area contributed by atoms with Crippen molar-refractivity contribution < 1.29 is 4.79 Å². The second kappa shape index (κ2) is 7.43. The minimum Gasteiger partial charge on any atom is -0.344 e. The maximum atomic E-state index is 11.3. The predicted molar refractivity (Wildman–Crippen MR) is 54.3 cm³/mol. The van der Waals surface area contributed by atoms with Crippen molar-refractivity contribution in [2.75, 3.05) is 31.6 Å². The van der Waals surface area contributed by atoms with Crippen LogP contribution < -0.4 is 5.73 Å². The number of amides is 1. The largest absolute Gasteiger partial charge is 0.344 e. The standard InChI is InChI=1S/C8H18N2OS/c1-3-12-7-4-8(11)10(2)6-5-9/h3-7,9H2,1-2H3. The molecule has 0 heterocycles. The molecule has 0 rings (SSSR count). The molecule has 4 heteroatoms. The molecule has 0 aliphatic rings. The maximum Gasteiger partial charge on any atom is 0.223 e. The molecule has 0 saturated heterocycles. The van der Waals surface area contributed by atoms with Crippen LogP contribution in [-0.2, 0) is 4.79 Å². The summed E-state index contributed by atoms with van der Waals surface area (Å²) in [7, 11) is 1.80. The van der Waals surface area contributed by atoms with E-state index >= 15 is 0 Å². The Hall–Kier alpha value is -0.220. The number of thioether (sulfide) groups is 1. The molecule has 3 nitrogen and oxygen atoms in total. The smallest absolute Gasteiger partial charge is 0.223 e. The van der Waals surface area contributed by atoms with Crippen LogP contribution in [0.4, 0.5) is 0 Å². The van der Waals surface area contributed by atoms with E-state index in [0.717, 1.165) is 11.5 Å². The third kappa shape index (κ3) is 5.43. The summed E-state index contributed by atoms with van der Waals surface area (Å²) in [5.41, 5.74) is 5.32. The molecule has 0 fully saturated rings. The fourth-order valence-electron chi connectivity index (χ4n) is 0.813. The summed E-state index contributed by atoms with van der Waals surface area (Å²) >= 11 is 1.79. The zero-order chi connectivity index (χ0) is 9.40. The first-order valence-corrected chi connectivity index (χ1v) is 5.39. The van der Waals surface area contributed by atoms with Crippen LogP contribution in [0.3, 0.4) is 0 Å². The number of carbonyl (C=O) groups is 1. The van der Waals surface area contributed by atoms with E-state index in [1.807, 2.05) is 0 Å². The molecule has 0 radical (unpaired) electrons. The Bertz CT molecular complexity index is 130. The number of rotatable bonds is 6. The van der Waals surface area contributed by atoms with E-state index in [4.69, 9.17) is 5.73 Å². The molecule has 0 aliphatic carbocycles. The van der Waals surface area contributed by atoms with Gasteiger partial charge in [-0.15, -0.1) is 0 Å². The van der Waals surface area contributed by atoms with Crippen LogP contribution in [0.2, 0.25) is 0 Å². The summed E-state index contributed by atoms with van der Waals surface area (Å²) < 4.78 is 0. The molecule has 0 aromatic carbocycles. The summed E-state index contributed by atoms with van der Waals surface area (Å²) in [5, 5.41) is 0. The van der Waals surface area contributed by atoms with Gasteiger partial charge in [-0.25, -0.2) is 0 Å². The lowest BCUT2D eigenvalue weighted by atomic mass is 10.4. The maximum absolute atomic E-state index is 11.3. The zero-order valence-electron chi connectivity index (χ0n) is 7.88. The zero-order valence-corrected chi connectivity index (χ0v) is 8.69. The monoisotopic (exact) mass is 190 g/mol. The quantitative estimate of drug-likeness (QED) is 0.622. The number of nitrogens with two attached hydrogens (primary N) is 1. The lowest BCUT2D eigenvalue weighted by Gasteiger charge is -2.15. The predicted octanol–water partition coefficient (Wildman–Crippen LogP) is 0.547. The van der Waals surface area contributed by atoms with Crippen molar-refractivity contribution in [2.45, 2.75) is 13.3 Å². The minimum absolute atomic E-state index is 0.196. The van der Waals surface area contributed by atoms with Gasteiger partial charge in [0, 0.05) is 32.3 Å². The molecular weight excluding hydrogens is 172 g/mol. The molecule has 0 aromatic heterocycles. The number of carbonyl (C=O) groups excluding carboxylic acids is 1. The molecule has 0 aliphatic heterocycles. The van der Waals surface area contributed by atoms with Crippen LogP contribution in [-0.4, -0.2) is 42.4 Å².